The molecule has 23 heavy (non-hydrogen) atoms. The zero-order chi connectivity index (χ0) is 16.0. The Morgan fingerprint density at radius 3 is 2.74 bits per heavy atom. The number of hydrogen-bond acceptors (Lipinski definition) is 4. The number of rotatable bonds is 2. The lowest BCUT2D eigenvalue weighted by Crippen LogP contribution is -2.44. The van der Waals surface area contributed by atoms with Crippen molar-refractivity contribution in [3.8, 4) is 17.2 Å². The third kappa shape index (κ3) is 2.38. The highest BCUT2D eigenvalue weighted by Gasteiger charge is 2.31. The van der Waals surface area contributed by atoms with Crippen molar-refractivity contribution in [2.75, 3.05) is 11.7 Å². The summed E-state index contributed by atoms with van der Waals surface area (Å²) in [5.74, 6) is 2.16. The van der Waals surface area contributed by atoms with Gasteiger partial charge in [0.05, 0.1) is 12.2 Å². The van der Waals surface area contributed by atoms with E-state index >= 15 is 0 Å². The number of carbonyl (C=O) groups is 1. The zero-order valence-corrected chi connectivity index (χ0v) is 13.0. The summed E-state index contributed by atoms with van der Waals surface area (Å²) in [6.07, 6.45) is -0.487. The predicted molar refractivity (Wildman–Crippen MR) is 85.0 cm³/mol. The summed E-state index contributed by atoms with van der Waals surface area (Å²) in [4.78, 5) is 14.4. The average molecular weight is 311 g/mol. The number of carbonyl (C=O) groups excluding carboxylic acids is 1. The second-order valence-electron chi connectivity index (χ2n) is 5.84. The minimum atomic E-state index is -0.487. The van der Waals surface area contributed by atoms with Crippen LogP contribution in [-0.4, -0.2) is 18.8 Å². The summed E-state index contributed by atoms with van der Waals surface area (Å²) in [7, 11) is 0. The number of aryl methyl sites for hydroxylation is 1. The highest BCUT2D eigenvalue weighted by Crippen LogP contribution is 2.37. The molecule has 0 fully saturated rings. The van der Waals surface area contributed by atoms with Crippen molar-refractivity contribution >= 4 is 11.6 Å². The summed E-state index contributed by atoms with van der Waals surface area (Å²) >= 11 is 0. The van der Waals surface area contributed by atoms with Crippen LogP contribution in [0.5, 0.6) is 17.2 Å². The zero-order valence-electron chi connectivity index (χ0n) is 13.0. The summed E-state index contributed by atoms with van der Waals surface area (Å²) in [5.41, 5.74) is 2.89. The van der Waals surface area contributed by atoms with Crippen LogP contribution in [0.1, 0.15) is 18.1 Å². The van der Waals surface area contributed by atoms with Crippen LogP contribution >= 0.6 is 0 Å². The van der Waals surface area contributed by atoms with Gasteiger partial charge in [-0.1, -0.05) is 12.1 Å². The first-order valence-electron chi connectivity index (χ1n) is 7.59. The van der Waals surface area contributed by atoms with Gasteiger partial charge in [-0.25, -0.2) is 0 Å². The van der Waals surface area contributed by atoms with E-state index in [9.17, 15) is 4.79 Å². The van der Waals surface area contributed by atoms with Crippen molar-refractivity contribution in [1.29, 1.82) is 0 Å². The standard InChI is InChI=1S/C18H17NO4/c1-11-3-5-15-14(7-11)19(18(20)12(2)23-15)9-13-4-6-16-17(8-13)22-10-21-16/h3-8,12H,9-10H2,1-2H3/t12-/m0/s1. The molecule has 5 heteroatoms. The van der Waals surface area contributed by atoms with Gasteiger partial charge in [0, 0.05) is 0 Å². The van der Waals surface area contributed by atoms with Crippen molar-refractivity contribution < 1.29 is 19.0 Å². The van der Waals surface area contributed by atoms with E-state index in [0.29, 0.717) is 6.54 Å². The van der Waals surface area contributed by atoms with Gasteiger partial charge in [-0.2, -0.15) is 0 Å². The molecule has 0 aromatic heterocycles. The molecule has 0 spiro atoms. The molecule has 118 valence electrons. The molecule has 0 radical (unpaired) electrons. The molecular weight excluding hydrogens is 294 g/mol. The molecule has 1 atom stereocenters. The van der Waals surface area contributed by atoms with Crippen LogP contribution in [0.3, 0.4) is 0 Å². The molecule has 0 bridgehead atoms. The molecule has 5 nitrogen and oxygen atoms in total. The Bertz CT molecular complexity index is 787. The van der Waals surface area contributed by atoms with E-state index in [1.54, 1.807) is 11.8 Å². The molecule has 1 amide bonds. The topological polar surface area (TPSA) is 48.0 Å². The summed E-state index contributed by atoms with van der Waals surface area (Å²) in [6.45, 7) is 4.49. The van der Waals surface area contributed by atoms with E-state index in [4.69, 9.17) is 14.2 Å². The second-order valence-corrected chi connectivity index (χ2v) is 5.84. The van der Waals surface area contributed by atoms with Crippen LogP contribution in [0.15, 0.2) is 36.4 Å². The van der Waals surface area contributed by atoms with Gasteiger partial charge in [0.15, 0.2) is 17.6 Å². The first-order chi connectivity index (χ1) is 11.1. The molecule has 0 aliphatic carbocycles. The van der Waals surface area contributed by atoms with Gasteiger partial charge in [0.25, 0.3) is 5.91 Å². The lowest BCUT2D eigenvalue weighted by molar-refractivity contribution is -0.125. The summed E-state index contributed by atoms with van der Waals surface area (Å²) in [6, 6.07) is 11.6. The van der Waals surface area contributed by atoms with Crippen LogP contribution in [-0.2, 0) is 11.3 Å². The van der Waals surface area contributed by atoms with E-state index in [1.807, 2.05) is 43.3 Å². The van der Waals surface area contributed by atoms with E-state index in [-0.39, 0.29) is 12.7 Å². The van der Waals surface area contributed by atoms with Gasteiger partial charge < -0.3 is 19.1 Å². The second kappa shape index (κ2) is 5.19. The average Bonchev–Trinajstić information content (AvgIpc) is 3.00. The van der Waals surface area contributed by atoms with Crippen LogP contribution < -0.4 is 19.1 Å². The van der Waals surface area contributed by atoms with Crippen LogP contribution in [0.4, 0.5) is 5.69 Å². The number of benzene rings is 2. The maximum Gasteiger partial charge on any atom is 0.268 e. The van der Waals surface area contributed by atoms with E-state index in [2.05, 4.69) is 0 Å². The van der Waals surface area contributed by atoms with E-state index < -0.39 is 6.10 Å². The quantitative estimate of drug-likeness (QED) is 0.855. The molecule has 0 saturated carbocycles. The largest absolute Gasteiger partial charge is 0.479 e. The third-order valence-corrected chi connectivity index (χ3v) is 4.10. The Labute approximate surface area is 134 Å². The molecule has 4 rings (SSSR count). The third-order valence-electron chi connectivity index (χ3n) is 4.10. The number of nitrogens with zero attached hydrogens (tertiary/aromatic N) is 1. The fraction of sp³-hybridized carbons (Fsp3) is 0.278. The van der Waals surface area contributed by atoms with Gasteiger partial charge in [-0.15, -0.1) is 0 Å². The minimum absolute atomic E-state index is 0.0410. The van der Waals surface area contributed by atoms with E-state index in [1.165, 1.54) is 0 Å². The smallest absolute Gasteiger partial charge is 0.268 e. The van der Waals surface area contributed by atoms with Crippen molar-refractivity contribution in [3.63, 3.8) is 0 Å². The minimum Gasteiger partial charge on any atom is -0.479 e. The fourth-order valence-corrected chi connectivity index (χ4v) is 2.90. The molecule has 0 saturated heterocycles. The first-order valence-corrected chi connectivity index (χ1v) is 7.59. The van der Waals surface area contributed by atoms with Gasteiger partial charge in [-0.05, 0) is 49.2 Å². The monoisotopic (exact) mass is 311 g/mol. The van der Waals surface area contributed by atoms with Crippen molar-refractivity contribution in [2.24, 2.45) is 0 Å². The molecule has 2 aromatic rings. The van der Waals surface area contributed by atoms with E-state index in [0.717, 1.165) is 34.1 Å². The molecule has 2 aliphatic heterocycles. The van der Waals surface area contributed by atoms with Gasteiger partial charge in [-0.3, -0.25) is 4.79 Å². The number of ether oxygens (including phenoxy) is 3. The Kier molecular flexibility index (Phi) is 3.15. The van der Waals surface area contributed by atoms with Crippen molar-refractivity contribution in [1.82, 2.24) is 0 Å². The Morgan fingerprint density at radius 2 is 1.87 bits per heavy atom. The maximum atomic E-state index is 12.6. The van der Waals surface area contributed by atoms with Gasteiger partial charge in [0.1, 0.15) is 5.75 Å². The lowest BCUT2D eigenvalue weighted by atomic mass is 10.1. The normalized spacial score (nSPS) is 18.6. The van der Waals surface area contributed by atoms with Gasteiger partial charge in [0.2, 0.25) is 6.79 Å². The molecule has 2 aliphatic rings. The summed E-state index contributed by atoms with van der Waals surface area (Å²) < 4.78 is 16.5. The molecule has 0 N–H and O–H groups in total. The first kappa shape index (κ1) is 13.9. The number of hydrogen-bond donors (Lipinski definition) is 0. The number of anilines is 1. The highest BCUT2D eigenvalue weighted by molar-refractivity contribution is 5.99. The molecule has 2 aromatic carbocycles. The maximum absolute atomic E-state index is 12.6. The van der Waals surface area contributed by atoms with Crippen LogP contribution in [0.2, 0.25) is 0 Å². The number of amides is 1. The van der Waals surface area contributed by atoms with Gasteiger partial charge >= 0.3 is 0 Å². The SMILES string of the molecule is Cc1ccc2c(c1)N(Cc1ccc3c(c1)OCO3)C(=O)[C@H](C)O2. The highest BCUT2D eigenvalue weighted by atomic mass is 16.7. The molecular formula is C18H17NO4. The lowest BCUT2D eigenvalue weighted by Gasteiger charge is -2.33. The Morgan fingerprint density at radius 1 is 1.09 bits per heavy atom. The Hall–Kier alpha value is -2.69. The number of fused-ring (bicyclic) bond motifs is 2. The predicted octanol–water partition coefficient (Wildman–Crippen LogP) is 3.04. The summed E-state index contributed by atoms with van der Waals surface area (Å²) in [5, 5.41) is 0. The van der Waals surface area contributed by atoms with Crippen LogP contribution in [0, 0.1) is 6.92 Å². The van der Waals surface area contributed by atoms with Crippen LogP contribution in [0.25, 0.3) is 0 Å². The molecule has 0 unspecified atom stereocenters. The van der Waals surface area contributed by atoms with Crippen molar-refractivity contribution in [3.05, 3.63) is 47.5 Å². The Balaban J connectivity index is 1.70. The van der Waals surface area contributed by atoms with Crippen molar-refractivity contribution in [2.45, 2.75) is 26.5 Å². The molecule has 2 heterocycles. The fourth-order valence-electron chi connectivity index (χ4n) is 2.90.